The highest BCUT2D eigenvalue weighted by atomic mass is 35.5. The number of likely N-dealkylation sites (tertiary alicyclic amines) is 1. The fraction of sp³-hybridized carbons (Fsp3) is 0.486. The maximum atomic E-state index is 13.3. The van der Waals surface area contributed by atoms with Gasteiger partial charge in [0.1, 0.15) is 12.2 Å². The van der Waals surface area contributed by atoms with E-state index in [2.05, 4.69) is 32.7 Å². The minimum absolute atomic E-state index is 0.119. The van der Waals surface area contributed by atoms with Crippen molar-refractivity contribution < 1.29 is 23.9 Å². The Morgan fingerprint density at radius 2 is 1.83 bits per heavy atom. The van der Waals surface area contributed by atoms with Gasteiger partial charge in [0, 0.05) is 36.3 Å². The van der Waals surface area contributed by atoms with Gasteiger partial charge in [-0.3, -0.25) is 10.1 Å². The van der Waals surface area contributed by atoms with Crippen molar-refractivity contribution in [2.24, 2.45) is 5.41 Å². The number of nitrogens with zero attached hydrogens (tertiary/aromatic N) is 4. The van der Waals surface area contributed by atoms with Crippen LogP contribution in [0.2, 0.25) is 5.02 Å². The number of nitrogens with one attached hydrogen (secondary N) is 1. The summed E-state index contributed by atoms with van der Waals surface area (Å²) in [4.78, 5) is 47.8. The predicted molar refractivity (Wildman–Crippen MR) is 181 cm³/mol. The van der Waals surface area contributed by atoms with Gasteiger partial charge < -0.3 is 23.8 Å². The first kappa shape index (κ1) is 34.8. The first-order chi connectivity index (χ1) is 21.6. The lowest BCUT2D eigenvalue weighted by molar-refractivity contribution is 0.0215. The molecular weight excluding hydrogens is 606 g/mol. The number of imidazole rings is 1. The fourth-order valence-electron chi connectivity index (χ4n) is 5.36. The van der Waals surface area contributed by atoms with E-state index < -0.39 is 11.7 Å². The number of hydrogen-bond acceptors (Lipinski definition) is 6. The molecule has 0 radical (unpaired) electrons. The molecule has 11 heteroatoms. The van der Waals surface area contributed by atoms with Gasteiger partial charge in [0.15, 0.2) is 0 Å². The molecule has 10 nitrogen and oxygen atoms in total. The topological polar surface area (TPSA) is 106 Å². The van der Waals surface area contributed by atoms with E-state index in [1.807, 2.05) is 50.5 Å². The molecule has 2 aromatic carbocycles. The molecule has 1 aromatic heterocycles. The number of amides is 3. The van der Waals surface area contributed by atoms with Gasteiger partial charge in [-0.1, -0.05) is 51.1 Å². The molecule has 2 heterocycles. The van der Waals surface area contributed by atoms with Crippen LogP contribution in [0, 0.1) is 5.41 Å². The molecule has 4 rings (SSSR count). The summed E-state index contributed by atoms with van der Waals surface area (Å²) in [6.07, 6.45) is 2.40. The lowest BCUT2D eigenvalue weighted by atomic mass is 9.87. The van der Waals surface area contributed by atoms with Gasteiger partial charge in [-0.2, -0.15) is 0 Å². The van der Waals surface area contributed by atoms with Gasteiger partial charge in [-0.15, -0.1) is 0 Å². The first-order valence-electron chi connectivity index (χ1n) is 15.7. The summed E-state index contributed by atoms with van der Waals surface area (Å²) in [5.41, 5.74) is 1.92. The van der Waals surface area contributed by atoms with E-state index in [4.69, 9.17) is 26.1 Å². The molecule has 1 N–H and O–H groups in total. The Morgan fingerprint density at radius 3 is 2.46 bits per heavy atom. The van der Waals surface area contributed by atoms with Crippen molar-refractivity contribution in [2.45, 2.75) is 92.1 Å². The lowest BCUT2D eigenvalue weighted by Crippen LogP contribution is -2.45. The monoisotopic (exact) mass is 651 g/mol. The van der Waals surface area contributed by atoms with E-state index in [0.29, 0.717) is 41.7 Å². The number of benzene rings is 2. The lowest BCUT2D eigenvalue weighted by Gasteiger charge is -2.37. The Morgan fingerprint density at radius 1 is 1.13 bits per heavy atom. The van der Waals surface area contributed by atoms with E-state index in [1.165, 1.54) is 0 Å². The quantitative estimate of drug-likeness (QED) is 0.236. The number of anilines is 1. The average molecular weight is 652 g/mol. The van der Waals surface area contributed by atoms with Crippen LogP contribution in [0.4, 0.5) is 15.5 Å². The molecule has 0 bridgehead atoms. The molecule has 1 fully saturated rings. The second-order valence-electron chi connectivity index (χ2n) is 13.8. The fourth-order valence-corrected chi connectivity index (χ4v) is 5.49. The van der Waals surface area contributed by atoms with Crippen molar-refractivity contribution in [1.82, 2.24) is 19.4 Å². The summed E-state index contributed by atoms with van der Waals surface area (Å²) in [6.45, 7) is 18.9. The summed E-state index contributed by atoms with van der Waals surface area (Å²) in [5.74, 6) is 0.0208. The third-order valence-electron chi connectivity index (χ3n) is 8.18. The van der Waals surface area contributed by atoms with Crippen molar-refractivity contribution in [3.8, 4) is 0 Å². The second-order valence-corrected chi connectivity index (χ2v) is 14.3. The second kappa shape index (κ2) is 14.2. The van der Waals surface area contributed by atoms with Crippen LogP contribution in [0.3, 0.4) is 0 Å². The first-order valence-corrected chi connectivity index (χ1v) is 16.0. The normalized spacial score (nSPS) is 15.8. The minimum atomic E-state index is -0.615. The smallest absolute Gasteiger partial charge is 0.410 e. The molecule has 0 saturated carbocycles. The molecule has 2 atom stereocenters. The van der Waals surface area contributed by atoms with Gasteiger partial charge >= 0.3 is 12.2 Å². The number of fused-ring (bicyclic) bond motifs is 1. The van der Waals surface area contributed by atoms with E-state index >= 15 is 0 Å². The van der Waals surface area contributed by atoms with E-state index in [1.54, 1.807) is 40.1 Å². The SMILES string of the molecule is C=CCOC(=O)N(Cc1ccc2c(c1)nc(NC(=O)c1ccc(Cl)cc1)n2CC1CCCN1C(=O)OC(C)(C)C)C(C)C(C)(C)C. The van der Waals surface area contributed by atoms with Gasteiger partial charge in [-0.05, 0) is 87.9 Å². The number of aromatic nitrogens is 2. The van der Waals surface area contributed by atoms with Gasteiger partial charge in [-0.25, -0.2) is 14.6 Å². The average Bonchev–Trinajstić information content (AvgIpc) is 3.57. The van der Waals surface area contributed by atoms with Crippen LogP contribution in [0.1, 0.15) is 77.2 Å². The Kier molecular flexibility index (Phi) is 10.7. The third-order valence-corrected chi connectivity index (χ3v) is 8.43. The summed E-state index contributed by atoms with van der Waals surface area (Å²) < 4.78 is 13.1. The Bertz CT molecular complexity index is 1570. The van der Waals surface area contributed by atoms with Crippen LogP contribution in [0.15, 0.2) is 55.1 Å². The summed E-state index contributed by atoms with van der Waals surface area (Å²) in [5, 5.41) is 3.50. The van der Waals surface area contributed by atoms with Crippen molar-refractivity contribution >= 4 is 46.7 Å². The van der Waals surface area contributed by atoms with Crippen LogP contribution in [-0.4, -0.2) is 68.3 Å². The van der Waals surface area contributed by atoms with Gasteiger partial charge in [0.05, 0.1) is 17.1 Å². The van der Waals surface area contributed by atoms with Crippen molar-refractivity contribution in [3.05, 3.63) is 71.3 Å². The Labute approximate surface area is 276 Å². The largest absolute Gasteiger partial charge is 0.445 e. The standard InChI is InChI=1S/C35H46ClN5O5/c1-9-19-45-32(43)40(23(2)34(3,4)5)21-24-12-17-29-28(20-24)37-31(38-30(42)25-13-15-26(36)16-14-25)41(29)22-27-11-10-18-39(27)33(44)46-35(6,7)8/h9,12-17,20,23,27H,1,10-11,18-19,21-22H2,2-8H3,(H,37,38,42). The van der Waals surface area contributed by atoms with Crippen LogP contribution in [-0.2, 0) is 22.6 Å². The zero-order chi connectivity index (χ0) is 33.8. The molecule has 1 aliphatic heterocycles. The summed E-state index contributed by atoms with van der Waals surface area (Å²) >= 11 is 6.04. The van der Waals surface area contributed by atoms with E-state index in [9.17, 15) is 14.4 Å². The van der Waals surface area contributed by atoms with E-state index in [0.717, 1.165) is 23.9 Å². The zero-order valence-electron chi connectivity index (χ0n) is 27.9. The maximum Gasteiger partial charge on any atom is 0.410 e. The maximum absolute atomic E-state index is 13.3. The summed E-state index contributed by atoms with van der Waals surface area (Å²) in [7, 11) is 0. The molecule has 3 amide bonds. The number of carbonyl (C=O) groups is 3. The highest BCUT2D eigenvalue weighted by molar-refractivity contribution is 6.30. The van der Waals surface area contributed by atoms with Crippen molar-refractivity contribution in [1.29, 1.82) is 0 Å². The third kappa shape index (κ3) is 8.60. The Balaban J connectivity index is 1.70. The van der Waals surface area contributed by atoms with Crippen LogP contribution in [0.25, 0.3) is 11.0 Å². The van der Waals surface area contributed by atoms with Gasteiger partial charge in [0.2, 0.25) is 5.95 Å². The molecule has 1 saturated heterocycles. The van der Waals surface area contributed by atoms with Crippen molar-refractivity contribution in [3.63, 3.8) is 0 Å². The van der Waals surface area contributed by atoms with Crippen molar-refractivity contribution in [2.75, 3.05) is 18.5 Å². The molecule has 2 unspecified atom stereocenters. The molecule has 248 valence electrons. The zero-order valence-corrected chi connectivity index (χ0v) is 28.7. The predicted octanol–water partition coefficient (Wildman–Crippen LogP) is 7.90. The summed E-state index contributed by atoms with van der Waals surface area (Å²) in [6, 6.07) is 12.2. The molecule has 0 aliphatic carbocycles. The number of halogens is 1. The number of carbonyl (C=O) groups excluding carboxylic acids is 3. The molecule has 3 aromatic rings. The van der Waals surface area contributed by atoms with Gasteiger partial charge in [0.25, 0.3) is 5.91 Å². The molecule has 46 heavy (non-hydrogen) atoms. The number of hydrogen-bond donors (Lipinski definition) is 1. The van der Waals surface area contributed by atoms with Crippen LogP contribution < -0.4 is 5.32 Å². The minimum Gasteiger partial charge on any atom is -0.445 e. The highest BCUT2D eigenvalue weighted by Crippen LogP contribution is 2.30. The highest BCUT2D eigenvalue weighted by Gasteiger charge is 2.34. The van der Waals surface area contributed by atoms with Crippen LogP contribution >= 0.6 is 11.6 Å². The molecular formula is C35H46ClN5O5. The molecule has 0 spiro atoms. The molecule has 1 aliphatic rings. The van der Waals surface area contributed by atoms with Crippen LogP contribution in [0.5, 0.6) is 0 Å². The van der Waals surface area contributed by atoms with E-state index in [-0.39, 0.29) is 36.1 Å². The Hall–Kier alpha value is -4.05. The number of rotatable bonds is 9. The number of ether oxygens (including phenoxy) is 2.